The fourth-order valence-corrected chi connectivity index (χ4v) is 1.80. The zero-order valence-corrected chi connectivity index (χ0v) is 8.56. The average molecular weight is 252 g/mol. The molecule has 2 N–H and O–H groups in total. The van der Waals surface area contributed by atoms with Gasteiger partial charge in [-0.2, -0.15) is 0 Å². The molecule has 0 spiro atoms. The maximum atomic E-state index is 9.44. The van der Waals surface area contributed by atoms with Gasteiger partial charge in [0, 0.05) is 11.6 Å². The highest BCUT2D eigenvalue weighted by Gasteiger charge is 2.06. The van der Waals surface area contributed by atoms with Crippen molar-refractivity contribution >= 4 is 27.5 Å². The Kier molecular flexibility index (Phi) is 3.38. The summed E-state index contributed by atoms with van der Waals surface area (Å²) < 4.78 is 0.554. The summed E-state index contributed by atoms with van der Waals surface area (Å²) in [5, 5.41) is 18.6. The van der Waals surface area contributed by atoms with E-state index >= 15 is 0 Å². The minimum atomic E-state index is 0.000340. The quantitative estimate of drug-likeness (QED) is 0.847. The summed E-state index contributed by atoms with van der Waals surface area (Å²) in [6.45, 7) is 0.000340. The molecule has 0 aliphatic heterocycles. The lowest BCUT2D eigenvalue weighted by molar-refractivity contribution is 0.297. The molecule has 0 aliphatic carbocycles. The first-order chi connectivity index (χ1) is 5.65. The fourth-order valence-electron chi connectivity index (χ4n) is 0.930. The van der Waals surface area contributed by atoms with E-state index in [1.165, 1.54) is 0 Å². The third-order valence-corrected chi connectivity index (χ3v) is 2.31. The van der Waals surface area contributed by atoms with E-state index in [4.69, 9.17) is 16.7 Å². The highest BCUT2D eigenvalue weighted by molar-refractivity contribution is 9.10. The van der Waals surface area contributed by atoms with Crippen LogP contribution in [0.3, 0.4) is 0 Å². The molecular formula is C8H8BrClO2. The zero-order valence-electron chi connectivity index (χ0n) is 6.22. The second kappa shape index (κ2) is 4.12. The molecule has 0 aliphatic rings. The van der Waals surface area contributed by atoms with Crippen molar-refractivity contribution in [3.05, 3.63) is 27.2 Å². The van der Waals surface area contributed by atoms with Gasteiger partial charge >= 0.3 is 0 Å². The van der Waals surface area contributed by atoms with E-state index in [-0.39, 0.29) is 12.4 Å². The summed E-state index contributed by atoms with van der Waals surface area (Å²) in [7, 11) is 0. The summed E-state index contributed by atoms with van der Waals surface area (Å²) >= 11 is 8.89. The molecule has 0 saturated carbocycles. The average Bonchev–Trinajstić information content (AvgIpc) is 2.00. The molecule has 1 aromatic rings. The Hall–Kier alpha value is -0.250. The number of benzene rings is 1. The van der Waals surface area contributed by atoms with Crippen molar-refractivity contribution in [2.45, 2.75) is 6.42 Å². The van der Waals surface area contributed by atoms with Gasteiger partial charge in [-0.25, -0.2) is 0 Å². The largest absolute Gasteiger partial charge is 0.506 e. The Morgan fingerprint density at radius 3 is 2.67 bits per heavy atom. The molecular weight excluding hydrogens is 243 g/mol. The van der Waals surface area contributed by atoms with Crippen LogP contribution >= 0.6 is 27.5 Å². The van der Waals surface area contributed by atoms with Crippen LogP contribution in [-0.2, 0) is 6.42 Å². The number of hydrogen-bond acceptors (Lipinski definition) is 2. The zero-order chi connectivity index (χ0) is 9.14. The number of aromatic hydroxyl groups is 1. The summed E-state index contributed by atoms with van der Waals surface area (Å²) in [5.41, 5.74) is 0.650. The minimum Gasteiger partial charge on any atom is -0.506 e. The number of hydrogen-bond donors (Lipinski definition) is 2. The van der Waals surface area contributed by atoms with Gasteiger partial charge in [-0.1, -0.05) is 11.6 Å². The topological polar surface area (TPSA) is 40.5 Å². The van der Waals surface area contributed by atoms with Crippen molar-refractivity contribution in [2.75, 3.05) is 6.61 Å². The first kappa shape index (κ1) is 9.84. The Morgan fingerprint density at radius 2 is 2.08 bits per heavy atom. The van der Waals surface area contributed by atoms with E-state index in [2.05, 4.69) is 15.9 Å². The Labute approximate surface area is 83.9 Å². The molecule has 4 heteroatoms. The molecule has 2 nitrogen and oxygen atoms in total. The van der Waals surface area contributed by atoms with E-state index in [0.29, 0.717) is 21.5 Å². The van der Waals surface area contributed by atoms with Gasteiger partial charge < -0.3 is 10.2 Å². The van der Waals surface area contributed by atoms with Gasteiger partial charge in [0.2, 0.25) is 0 Å². The lowest BCUT2D eigenvalue weighted by atomic mass is 10.1. The van der Waals surface area contributed by atoms with Crippen LogP contribution in [0.15, 0.2) is 16.6 Å². The lowest BCUT2D eigenvalue weighted by Crippen LogP contribution is -1.91. The van der Waals surface area contributed by atoms with Gasteiger partial charge in [0.1, 0.15) is 5.75 Å². The predicted octanol–water partition coefficient (Wildman–Crippen LogP) is 2.34. The molecule has 12 heavy (non-hydrogen) atoms. The normalized spacial score (nSPS) is 10.2. The molecule has 1 rings (SSSR count). The molecule has 0 heterocycles. The van der Waals surface area contributed by atoms with E-state index in [9.17, 15) is 5.11 Å². The summed E-state index contributed by atoms with van der Waals surface area (Å²) in [6.07, 6.45) is 0.408. The molecule has 0 bridgehead atoms. The second-order valence-corrected chi connectivity index (χ2v) is 3.66. The third-order valence-electron chi connectivity index (χ3n) is 1.49. The lowest BCUT2D eigenvalue weighted by Gasteiger charge is -2.04. The predicted molar refractivity (Wildman–Crippen MR) is 51.6 cm³/mol. The van der Waals surface area contributed by atoms with Crippen molar-refractivity contribution in [3.8, 4) is 5.75 Å². The molecule has 1 aromatic carbocycles. The summed E-state index contributed by atoms with van der Waals surface area (Å²) in [6, 6.07) is 3.25. The van der Waals surface area contributed by atoms with Crippen molar-refractivity contribution in [1.82, 2.24) is 0 Å². The summed E-state index contributed by atoms with van der Waals surface area (Å²) in [5.74, 6) is 0.147. The van der Waals surface area contributed by atoms with Crippen molar-refractivity contribution < 1.29 is 10.2 Å². The van der Waals surface area contributed by atoms with E-state index in [1.807, 2.05) is 0 Å². The van der Waals surface area contributed by atoms with E-state index in [0.717, 1.165) is 0 Å². The van der Waals surface area contributed by atoms with E-state index < -0.39 is 0 Å². The highest BCUT2D eigenvalue weighted by Crippen LogP contribution is 2.31. The number of phenolic OH excluding ortho intramolecular Hbond substituents is 1. The number of aliphatic hydroxyl groups is 1. The minimum absolute atomic E-state index is 0.000340. The molecule has 0 saturated heterocycles. The molecule has 0 fully saturated rings. The highest BCUT2D eigenvalue weighted by atomic mass is 79.9. The molecule has 0 radical (unpaired) electrons. The third kappa shape index (κ3) is 2.12. The van der Waals surface area contributed by atoms with Crippen molar-refractivity contribution in [3.63, 3.8) is 0 Å². The first-order valence-corrected chi connectivity index (χ1v) is 4.60. The van der Waals surface area contributed by atoms with Crippen LogP contribution in [0.5, 0.6) is 5.75 Å². The Morgan fingerprint density at radius 1 is 1.42 bits per heavy atom. The van der Waals surface area contributed by atoms with Crippen LogP contribution in [0, 0.1) is 0 Å². The van der Waals surface area contributed by atoms with Crippen LogP contribution in [0.4, 0.5) is 0 Å². The van der Waals surface area contributed by atoms with E-state index in [1.54, 1.807) is 12.1 Å². The molecule has 0 atom stereocenters. The van der Waals surface area contributed by atoms with Crippen molar-refractivity contribution in [1.29, 1.82) is 0 Å². The maximum Gasteiger partial charge on any atom is 0.133 e. The van der Waals surface area contributed by atoms with Gasteiger partial charge in [0.25, 0.3) is 0 Å². The molecule has 0 amide bonds. The number of rotatable bonds is 2. The maximum absolute atomic E-state index is 9.44. The van der Waals surface area contributed by atoms with Gasteiger partial charge in [0.15, 0.2) is 0 Å². The first-order valence-electron chi connectivity index (χ1n) is 3.43. The fraction of sp³-hybridized carbons (Fsp3) is 0.250. The van der Waals surface area contributed by atoms with Crippen LogP contribution < -0.4 is 0 Å². The second-order valence-electron chi connectivity index (χ2n) is 2.37. The molecule has 66 valence electrons. The van der Waals surface area contributed by atoms with Gasteiger partial charge in [-0.15, -0.1) is 0 Å². The number of halogens is 2. The van der Waals surface area contributed by atoms with Crippen LogP contribution in [0.2, 0.25) is 5.02 Å². The van der Waals surface area contributed by atoms with Crippen LogP contribution in [0.1, 0.15) is 5.56 Å². The van der Waals surface area contributed by atoms with Crippen molar-refractivity contribution in [2.24, 2.45) is 0 Å². The Bertz CT molecular complexity index is 289. The van der Waals surface area contributed by atoms with Gasteiger partial charge in [-0.05, 0) is 40.0 Å². The molecule has 0 aromatic heterocycles. The van der Waals surface area contributed by atoms with Crippen LogP contribution in [0.25, 0.3) is 0 Å². The Balaban J connectivity index is 3.09. The molecule has 0 unspecified atom stereocenters. The van der Waals surface area contributed by atoms with Crippen LogP contribution in [-0.4, -0.2) is 16.8 Å². The van der Waals surface area contributed by atoms with Gasteiger partial charge in [-0.3, -0.25) is 0 Å². The monoisotopic (exact) mass is 250 g/mol. The number of aliphatic hydroxyl groups excluding tert-OH is 1. The SMILES string of the molecule is OCCc1cc(Cl)cc(Br)c1O. The number of phenols is 1. The standard InChI is InChI=1S/C8H8BrClO2/c9-7-4-6(10)3-5(1-2-11)8(7)12/h3-4,11-12H,1-2H2. The van der Waals surface area contributed by atoms with Gasteiger partial charge in [0.05, 0.1) is 4.47 Å². The summed E-state index contributed by atoms with van der Waals surface area (Å²) in [4.78, 5) is 0. The smallest absolute Gasteiger partial charge is 0.133 e.